The fraction of sp³-hybridized carbons (Fsp3) is 0.211. The van der Waals surface area contributed by atoms with E-state index in [-0.39, 0.29) is 0 Å². The van der Waals surface area contributed by atoms with Gasteiger partial charge in [-0.15, -0.1) is 0 Å². The van der Waals surface area contributed by atoms with Crippen molar-refractivity contribution in [1.29, 1.82) is 0 Å². The Morgan fingerprint density at radius 2 is 1.70 bits per heavy atom. The van der Waals surface area contributed by atoms with E-state index in [2.05, 4.69) is 52.7 Å². The van der Waals surface area contributed by atoms with Gasteiger partial charge in [0.25, 0.3) is 0 Å². The lowest BCUT2D eigenvalue weighted by atomic mass is 10.0. The summed E-state index contributed by atoms with van der Waals surface area (Å²) in [6.07, 6.45) is 0. The summed E-state index contributed by atoms with van der Waals surface area (Å²) < 4.78 is 0. The van der Waals surface area contributed by atoms with Crippen LogP contribution in [0.4, 0.5) is 5.82 Å². The summed E-state index contributed by atoms with van der Waals surface area (Å²) in [6.45, 7) is 3.84. The van der Waals surface area contributed by atoms with Gasteiger partial charge in [0.05, 0.1) is 10.5 Å². The largest absolute Gasteiger partial charge is 0.353 e. The van der Waals surface area contributed by atoms with Crippen LogP contribution in [0.2, 0.25) is 5.02 Å². The normalized spacial score (nSPS) is 15.1. The van der Waals surface area contributed by atoms with Gasteiger partial charge in [-0.25, -0.2) is 4.98 Å². The van der Waals surface area contributed by atoms with Gasteiger partial charge >= 0.3 is 0 Å². The minimum Gasteiger partial charge on any atom is -0.353 e. The van der Waals surface area contributed by atoms with E-state index in [1.54, 1.807) is 0 Å². The van der Waals surface area contributed by atoms with Crippen LogP contribution in [-0.4, -0.2) is 31.2 Å². The molecule has 0 atom stereocenters. The number of piperazine rings is 1. The van der Waals surface area contributed by atoms with Crippen LogP contribution in [-0.2, 0) is 0 Å². The van der Waals surface area contributed by atoms with Gasteiger partial charge in [0.2, 0.25) is 0 Å². The molecule has 1 saturated heterocycles. The van der Waals surface area contributed by atoms with E-state index < -0.39 is 0 Å². The van der Waals surface area contributed by atoms with Crippen LogP contribution in [0.15, 0.2) is 54.6 Å². The lowest BCUT2D eigenvalue weighted by molar-refractivity contribution is 0.585. The summed E-state index contributed by atoms with van der Waals surface area (Å²) >= 11 is 6.51. The van der Waals surface area contributed by atoms with Crippen LogP contribution < -0.4 is 10.2 Å². The summed E-state index contributed by atoms with van der Waals surface area (Å²) in [5.41, 5.74) is 3.38. The maximum Gasteiger partial charge on any atom is 0.148 e. The van der Waals surface area contributed by atoms with Crippen molar-refractivity contribution in [3.05, 3.63) is 59.6 Å². The third kappa shape index (κ3) is 2.90. The number of nitrogens with one attached hydrogen (secondary N) is 1. The van der Waals surface area contributed by atoms with Crippen molar-refractivity contribution in [2.24, 2.45) is 0 Å². The zero-order valence-electron chi connectivity index (χ0n) is 12.8. The number of benzene rings is 2. The molecule has 0 bridgehead atoms. The minimum atomic E-state index is 0.726. The Morgan fingerprint density at radius 1 is 0.913 bits per heavy atom. The van der Waals surface area contributed by atoms with Gasteiger partial charge in [0.15, 0.2) is 0 Å². The zero-order chi connectivity index (χ0) is 15.6. The molecule has 2 heterocycles. The first-order valence-corrected chi connectivity index (χ1v) is 8.30. The number of aromatic nitrogens is 1. The van der Waals surface area contributed by atoms with Gasteiger partial charge in [0.1, 0.15) is 5.82 Å². The first-order valence-electron chi connectivity index (χ1n) is 7.93. The van der Waals surface area contributed by atoms with Crippen LogP contribution in [0, 0.1) is 0 Å². The average Bonchev–Trinajstić information content (AvgIpc) is 2.62. The molecule has 1 fully saturated rings. The van der Waals surface area contributed by atoms with Crippen molar-refractivity contribution in [2.45, 2.75) is 0 Å². The number of hydrogen-bond acceptors (Lipinski definition) is 3. The van der Waals surface area contributed by atoms with Gasteiger partial charge in [-0.3, -0.25) is 0 Å². The standard InChI is InChI=1S/C19H18ClN3/c20-17-13-16-12-15(14-4-2-1-3-5-14)6-7-18(16)22-19(17)23-10-8-21-9-11-23/h1-7,12-13,21H,8-11H2. The second kappa shape index (κ2) is 6.19. The van der Waals surface area contributed by atoms with E-state index in [0.717, 1.165) is 47.9 Å². The Kier molecular flexibility index (Phi) is 3.90. The topological polar surface area (TPSA) is 28.2 Å². The average molecular weight is 324 g/mol. The van der Waals surface area contributed by atoms with Gasteiger partial charge < -0.3 is 10.2 Å². The van der Waals surface area contributed by atoms with Crippen molar-refractivity contribution < 1.29 is 0 Å². The molecular weight excluding hydrogens is 306 g/mol. The summed E-state index contributed by atoms with van der Waals surface area (Å²) in [4.78, 5) is 7.05. The Balaban J connectivity index is 1.76. The highest BCUT2D eigenvalue weighted by atomic mass is 35.5. The molecule has 116 valence electrons. The summed E-state index contributed by atoms with van der Waals surface area (Å²) in [7, 11) is 0. The van der Waals surface area contributed by atoms with E-state index in [1.807, 2.05) is 12.1 Å². The molecule has 4 rings (SSSR count). The monoisotopic (exact) mass is 323 g/mol. The lowest BCUT2D eigenvalue weighted by Gasteiger charge is -2.29. The molecule has 0 unspecified atom stereocenters. The number of hydrogen-bond donors (Lipinski definition) is 1. The fourth-order valence-corrected chi connectivity index (χ4v) is 3.33. The molecule has 23 heavy (non-hydrogen) atoms. The Labute approximate surface area is 140 Å². The number of fused-ring (bicyclic) bond motifs is 1. The molecule has 0 radical (unpaired) electrons. The molecule has 0 spiro atoms. The highest BCUT2D eigenvalue weighted by Gasteiger charge is 2.16. The molecule has 1 N–H and O–H groups in total. The molecule has 1 aromatic heterocycles. The third-order valence-electron chi connectivity index (χ3n) is 4.27. The van der Waals surface area contributed by atoms with Crippen LogP contribution in [0.5, 0.6) is 0 Å². The first kappa shape index (κ1) is 14.5. The van der Waals surface area contributed by atoms with Crippen LogP contribution in [0.3, 0.4) is 0 Å². The van der Waals surface area contributed by atoms with Crippen molar-refractivity contribution in [3.8, 4) is 11.1 Å². The Morgan fingerprint density at radius 3 is 2.48 bits per heavy atom. The number of halogens is 1. The highest BCUT2D eigenvalue weighted by Crippen LogP contribution is 2.30. The second-order valence-electron chi connectivity index (χ2n) is 5.80. The summed E-state index contributed by atoms with van der Waals surface area (Å²) in [5.74, 6) is 0.896. The fourth-order valence-electron chi connectivity index (χ4n) is 3.05. The van der Waals surface area contributed by atoms with Crippen LogP contribution >= 0.6 is 11.6 Å². The van der Waals surface area contributed by atoms with Gasteiger partial charge in [-0.1, -0.05) is 48.0 Å². The summed E-state index contributed by atoms with van der Waals surface area (Å²) in [5, 5.41) is 5.16. The zero-order valence-corrected chi connectivity index (χ0v) is 13.6. The molecule has 0 amide bonds. The minimum absolute atomic E-state index is 0.726. The van der Waals surface area contributed by atoms with Gasteiger partial charge in [-0.05, 0) is 29.3 Å². The Hall–Kier alpha value is -2.10. The first-order chi connectivity index (χ1) is 11.3. The predicted molar refractivity (Wildman–Crippen MR) is 97.3 cm³/mol. The van der Waals surface area contributed by atoms with Crippen LogP contribution in [0.1, 0.15) is 0 Å². The maximum absolute atomic E-state index is 6.51. The van der Waals surface area contributed by atoms with E-state index in [1.165, 1.54) is 11.1 Å². The molecule has 3 nitrogen and oxygen atoms in total. The highest BCUT2D eigenvalue weighted by molar-refractivity contribution is 6.33. The van der Waals surface area contributed by atoms with Gasteiger partial charge in [0, 0.05) is 31.6 Å². The molecular formula is C19H18ClN3. The molecule has 0 saturated carbocycles. The summed E-state index contributed by atoms with van der Waals surface area (Å²) in [6, 6.07) is 18.8. The van der Waals surface area contributed by atoms with Crippen LogP contribution in [0.25, 0.3) is 22.0 Å². The second-order valence-corrected chi connectivity index (χ2v) is 6.21. The number of anilines is 1. The van der Waals surface area contributed by atoms with E-state index in [0.29, 0.717) is 0 Å². The Bertz CT molecular complexity index is 827. The van der Waals surface area contributed by atoms with E-state index in [4.69, 9.17) is 16.6 Å². The molecule has 0 aliphatic carbocycles. The number of pyridine rings is 1. The molecule has 1 aliphatic rings. The predicted octanol–water partition coefficient (Wildman–Crippen LogP) is 3.96. The number of rotatable bonds is 2. The number of nitrogens with zero attached hydrogens (tertiary/aromatic N) is 2. The molecule has 2 aromatic carbocycles. The van der Waals surface area contributed by atoms with Crippen molar-refractivity contribution >= 4 is 28.3 Å². The molecule has 3 aromatic rings. The van der Waals surface area contributed by atoms with Crippen molar-refractivity contribution in [3.63, 3.8) is 0 Å². The van der Waals surface area contributed by atoms with Crippen molar-refractivity contribution in [2.75, 3.05) is 31.1 Å². The maximum atomic E-state index is 6.51. The smallest absolute Gasteiger partial charge is 0.148 e. The third-order valence-corrected chi connectivity index (χ3v) is 4.55. The SMILES string of the molecule is Clc1cc2cc(-c3ccccc3)ccc2nc1N1CCNCC1. The van der Waals surface area contributed by atoms with E-state index >= 15 is 0 Å². The van der Waals surface area contributed by atoms with Gasteiger partial charge in [-0.2, -0.15) is 0 Å². The molecule has 4 heteroatoms. The van der Waals surface area contributed by atoms with E-state index in [9.17, 15) is 0 Å². The quantitative estimate of drug-likeness (QED) is 0.773. The lowest BCUT2D eigenvalue weighted by Crippen LogP contribution is -2.44. The van der Waals surface area contributed by atoms with Crippen molar-refractivity contribution in [1.82, 2.24) is 10.3 Å². The molecule has 1 aliphatic heterocycles.